The number of nitrogens with zero attached hydrogens (tertiary/aromatic N) is 2. The van der Waals surface area contributed by atoms with Crippen LogP contribution in [0.15, 0.2) is 60.3 Å². The summed E-state index contributed by atoms with van der Waals surface area (Å²) >= 11 is 5.99. The van der Waals surface area contributed by atoms with Crippen molar-refractivity contribution in [2.24, 2.45) is 0 Å². The summed E-state index contributed by atoms with van der Waals surface area (Å²) in [6.07, 6.45) is 1.67. The van der Waals surface area contributed by atoms with Gasteiger partial charge in [0.2, 0.25) is 0 Å². The molecular weight excluding hydrogens is 390 g/mol. The number of aromatic hydroxyl groups is 1. The van der Waals surface area contributed by atoms with Crippen LogP contribution in [0.3, 0.4) is 0 Å². The Hall–Kier alpha value is -3.51. The van der Waals surface area contributed by atoms with Gasteiger partial charge in [-0.3, -0.25) is 4.79 Å². The molecule has 0 radical (unpaired) electrons. The Balaban J connectivity index is 1.70. The van der Waals surface area contributed by atoms with E-state index in [-0.39, 0.29) is 11.4 Å². The highest BCUT2D eigenvalue weighted by Gasteiger charge is 2.35. The molecule has 0 atom stereocenters. The van der Waals surface area contributed by atoms with Crippen LogP contribution in [0, 0.1) is 13.8 Å². The van der Waals surface area contributed by atoms with Gasteiger partial charge in [-0.1, -0.05) is 17.7 Å². The minimum absolute atomic E-state index is 0.193. The predicted molar refractivity (Wildman–Crippen MR) is 112 cm³/mol. The number of imide groups is 1. The number of phenolic OH excluding ortho intramolecular Hbond substituents is 1. The molecule has 2 heterocycles. The Morgan fingerprint density at radius 2 is 1.72 bits per heavy atom. The van der Waals surface area contributed by atoms with Crippen LogP contribution >= 0.6 is 11.6 Å². The SMILES string of the molecule is Cc1cc(C=C2NC(=O)N(c3cccc(Cl)c3)C2=O)c(C)n1-c1ccc(O)cc1. The van der Waals surface area contributed by atoms with Gasteiger partial charge in [0.05, 0.1) is 5.69 Å². The van der Waals surface area contributed by atoms with E-state index in [2.05, 4.69) is 5.32 Å². The van der Waals surface area contributed by atoms with Gasteiger partial charge in [0.15, 0.2) is 0 Å². The van der Waals surface area contributed by atoms with Gasteiger partial charge in [0.1, 0.15) is 11.4 Å². The molecular formula is C22H18ClN3O3. The molecule has 2 aromatic carbocycles. The summed E-state index contributed by atoms with van der Waals surface area (Å²) in [5.41, 5.74) is 4.18. The number of phenols is 1. The summed E-state index contributed by atoms with van der Waals surface area (Å²) in [4.78, 5) is 26.3. The fourth-order valence-corrected chi connectivity index (χ4v) is 3.66. The van der Waals surface area contributed by atoms with Gasteiger partial charge in [-0.2, -0.15) is 0 Å². The van der Waals surface area contributed by atoms with Gasteiger partial charge in [0.25, 0.3) is 5.91 Å². The van der Waals surface area contributed by atoms with Crippen molar-refractivity contribution in [3.63, 3.8) is 0 Å². The van der Waals surface area contributed by atoms with Crippen LogP contribution < -0.4 is 10.2 Å². The van der Waals surface area contributed by atoms with E-state index in [4.69, 9.17) is 11.6 Å². The molecule has 1 aromatic heterocycles. The molecule has 1 saturated heterocycles. The molecule has 1 fully saturated rings. The fourth-order valence-electron chi connectivity index (χ4n) is 3.47. The number of halogens is 1. The van der Waals surface area contributed by atoms with Crippen LogP contribution in [-0.4, -0.2) is 21.6 Å². The number of hydrogen-bond acceptors (Lipinski definition) is 3. The Labute approximate surface area is 172 Å². The van der Waals surface area contributed by atoms with Gasteiger partial charge in [0, 0.05) is 22.1 Å². The fraction of sp³-hybridized carbons (Fsp3) is 0.0909. The minimum atomic E-state index is -0.518. The van der Waals surface area contributed by atoms with Gasteiger partial charge >= 0.3 is 6.03 Å². The van der Waals surface area contributed by atoms with Crippen molar-refractivity contribution < 1.29 is 14.7 Å². The molecule has 7 heteroatoms. The number of rotatable bonds is 3. The first-order valence-corrected chi connectivity index (χ1v) is 9.34. The highest BCUT2D eigenvalue weighted by molar-refractivity contribution is 6.32. The predicted octanol–water partition coefficient (Wildman–Crippen LogP) is 4.55. The maximum Gasteiger partial charge on any atom is 0.333 e. The monoisotopic (exact) mass is 407 g/mol. The Bertz CT molecular complexity index is 1160. The number of amides is 3. The van der Waals surface area contributed by atoms with E-state index in [0.29, 0.717) is 10.7 Å². The largest absolute Gasteiger partial charge is 0.508 e. The summed E-state index contributed by atoms with van der Waals surface area (Å²) in [5.74, 6) is -0.245. The van der Waals surface area contributed by atoms with Crippen molar-refractivity contribution in [1.29, 1.82) is 0 Å². The zero-order valence-corrected chi connectivity index (χ0v) is 16.6. The lowest BCUT2D eigenvalue weighted by Gasteiger charge is -2.11. The van der Waals surface area contributed by atoms with Crippen LogP contribution in [0.5, 0.6) is 5.75 Å². The lowest BCUT2D eigenvalue weighted by molar-refractivity contribution is -0.113. The van der Waals surface area contributed by atoms with E-state index < -0.39 is 11.9 Å². The smallest absolute Gasteiger partial charge is 0.333 e. The van der Waals surface area contributed by atoms with Crippen LogP contribution in [-0.2, 0) is 4.79 Å². The zero-order valence-electron chi connectivity index (χ0n) is 15.8. The van der Waals surface area contributed by atoms with Crippen LogP contribution in [0.4, 0.5) is 10.5 Å². The number of urea groups is 1. The second kappa shape index (κ2) is 7.14. The molecule has 3 amide bonds. The molecule has 0 spiro atoms. The van der Waals surface area contributed by atoms with E-state index >= 15 is 0 Å². The van der Waals surface area contributed by atoms with E-state index in [1.807, 2.05) is 36.6 Å². The average Bonchev–Trinajstić information content (AvgIpc) is 3.11. The normalized spacial score (nSPS) is 15.3. The van der Waals surface area contributed by atoms with Crippen molar-refractivity contribution >= 4 is 35.3 Å². The molecule has 146 valence electrons. The number of carbonyl (C=O) groups excluding carboxylic acids is 2. The zero-order chi connectivity index (χ0) is 20.7. The number of aromatic nitrogens is 1. The first kappa shape index (κ1) is 18.8. The van der Waals surface area contributed by atoms with Gasteiger partial charge in [-0.05, 0) is 74.0 Å². The van der Waals surface area contributed by atoms with Crippen molar-refractivity contribution in [2.45, 2.75) is 13.8 Å². The number of nitrogens with one attached hydrogen (secondary N) is 1. The lowest BCUT2D eigenvalue weighted by atomic mass is 10.2. The standard InChI is InChI=1S/C22H18ClN3O3/c1-13-10-15(14(2)25(13)17-6-8-19(27)9-7-17)11-20-21(28)26(22(29)24-20)18-5-3-4-16(23)12-18/h3-12,27H,1-2H3,(H,24,29). The summed E-state index contributed by atoms with van der Waals surface area (Å²) in [7, 11) is 0. The Morgan fingerprint density at radius 1 is 1.00 bits per heavy atom. The number of anilines is 1. The van der Waals surface area contributed by atoms with Crippen molar-refractivity contribution in [1.82, 2.24) is 9.88 Å². The van der Waals surface area contributed by atoms with Crippen LogP contribution in [0.2, 0.25) is 5.02 Å². The second-order valence-electron chi connectivity index (χ2n) is 6.79. The summed E-state index contributed by atoms with van der Waals surface area (Å²) in [6.45, 7) is 3.89. The van der Waals surface area contributed by atoms with Crippen molar-refractivity contribution in [2.75, 3.05) is 4.90 Å². The third-order valence-electron chi connectivity index (χ3n) is 4.82. The molecule has 0 bridgehead atoms. The quantitative estimate of drug-likeness (QED) is 0.494. The van der Waals surface area contributed by atoms with Crippen molar-refractivity contribution in [3.05, 3.63) is 82.3 Å². The van der Waals surface area contributed by atoms with Gasteiger partial charge in [-0.25, -0.2) is 9.69 Å². The lowest BCUT2D eigenvalue weighted by Crippen LogP contribution is -2.30. The average molecular weight is 408 g/mol. The van der Waals surface area contributed by atoms with Crippen molar-refractivity contribution in [3.8, 4) is 11.4 Å². The molecule has 1 aliphatic rings. The van der Waals surface area contributed by atoms with E-state index in [9.17, 15) is 14.7 Å². The molecule has 4 rings (SSSR count). The minimum Gasteiger partial charge on any atom is -0.508 e. The Morgan fingerprint density at radius 3 is 2.41 bits per heavy atom. The maximum absolute atomic E-state index is 12.8. The third kappa shape index (κ3) is 3.39. The topological polar surface area (TPSA) is 74.6 Å². The summed E-state index contributed by atoms with van der Waals surface area (Å²) in [6, 6.07) is 14.9. The van der Waals surface area contributed by atoms with Gasteiger partial charge < -0.3 is 15.0 Å². The first-order chi connectivity index (χ1) is 13.8. The highest BCUT2D eigenvalue weighted by Crippen LogP contribution is 2.27. The molecule has 0 aliphatic carbocycles. The van der Waals surface area contributed by atoms with Crippen LogP contribution in [0.25, 0.3) is 11.8 Å². The van der Waals surface area contributed by atoms with Gasteiger partial charge in [-0.15, -0.1) is 0 Å². The molecule has 29 heavy (non-hydrogen) atoms. The van der Waals surface area contributed by atoms with E-state index in [0.717, 1.165) is 27.5 Å². The first-order valence-electron chi connectivity index (χ1n) is 8.96. The Kier molecular flexibility index (Phi) is 4.64. The van der Waals surface area contributed by atoms with E-state index in [1.165, 1.54) is 0 Å². The molecule has 6 nitrogen and oxygen atoms in total. The molecule has 0 saturated carbocycles. The molecule has 3 aromatic rings. The molecule has 0 unspecified atom stereocenters. The summed E-state index contributed by atoms with van der Waals surface area (Å²) < 4.78 is 2.02. The highest BCUT2D eigenvalue weighted by atomic mass is 35.5. The number of carbonyl (C=O) groups is 2. The van der Waals surface area contributed by atoms with E-state index in [1.54, 1.807) is 42.5 Å². The third-order valence-corrected chi connectivity index (χ3v) is 5.06. The maximum atomic E-state index is 12.8. The number of hydrogen-bond donors (Lipinski definition) is 2. The summed E-state index contributed by atoms with van der Waals surface area (Å²) in [5, 5.41) is 12.6. The second-order valence-corrected chi connectivity index (χ2v) is 7.22. The molecule has 2 N–H and O–H groups in total. The number of aryl methyl sites for hydroxylation is 1. The number of benzene rings is 2. The van der Waals surface area contributed by atoms with Crippen LogP contribution in [0.1, 0.15) is 17.0 Å². The molecule has 1 aliphatic heterocycles.